The molecule has 3 nitrogen and oxygen atoms in total. The van der Waals surface area contributed by atoms with Crippen molar-refractivity contribution in [1.29, 1.82) is 0 Å². The van der Waals surface area contributed by atoms with Crippen LogP contribution in [0.5, 0.6) is 5.75 Å². The van der Waals surface area contributed by atoms with Crippen molar-refractivity contribution >= 4 is 5.78 Å². The van der Waals surface area contributed by atoms with Gasteiger partial charge in [0.05, 0.1) is 12.7 Å². The highest BCUT2D eigenvalue weighted by Gasteiger charge is 2.14. The van der Waals surface area contributed by atoms with Crippen molar-refractivity contribution in [2.75, 3.05) is 7.11 Å². The highest BCUT2D eigenvalue weighted by molar-refractivity contribution is 6.10. The summed E-state index contributed by atoms with van der Waals surface area (Å²) in [5.74, 6) is 0.592. The molecule has 0 atom stereocenters. The normalized spacial score (nSPS) is 10.1. The van der Waals surface area contributed by atoms with Crippen LogP contribution in [0.4, 0.5) is 0 Å². The average molecular weight is 215 g/mol. The van der Waals surface area contributed by atoms with Gasteiger partial charge < -0.3 is 9.30 Å². The molecule has 0 amide bonds. The van der Waals surface area contributed by atoms with Gasteiger partial charge in [0.15, 0.2) is 5.78 Å². The maximum Gasteiger partial charge on any atom is 0.198 e. The molecule has 82 valence electrons. The zero-order valence-electron chi connectivity index (χ0n) is 9.31. The quantitative estimate of drug-likeness (QED) is 0.735. The maximum atomic E-state index is 12.1. The van der Waals surface area contributed by atoms with Gasteiger partial charge in [-0.1, -0.05) is 12.1 Å². The SMILES string of the molecule is COc1ccccc1C(=O)c1ccn(C)c1. The van der Waals surface area contributed by atoms with Gasteiger partial charge in [-0.25, -0.2) is 0 Å². The third-order valence-corrected chi connectivity index (χ3v) is 2.45. The standard InChI is InChI=1S/C13H13NO2/c1-14-8-7-10(9-14)13(15)11-5-3-4-6-12(11)16-2/h3-9H,1-2H3. The number of aryl methyl sites for hydroxylation is 1. The Labute approximate surface area is 94.3 Å². The summed E-state index contributed by atoms with van der Waals surface area (Å²) in [5, 5.41) is 0. The summed E-state index contributed by atoms with van der Waals surface area (Å²) in [6.45, 7) is 0. The molecule has 0 spiro atoms. The highest BCUT2D eigenvalue weighted by Crippen LogP contribution is 2.20. The molecule has 3 heteroatoms. The van der Waals surface area contributed by atoms with E-state index in [9.17, 15) is 4.79 Å². The Morgan fingerprint density at radius 3 is 2.62 bits per heavy atom. The van der Waals surface area contributed by atoms with Crippen LogP contribution >= 0.6 is 0 Å². The Hall–Kier alpha value is -2.03. The molecule has 2 aromatic rings. The number of methoxy groups -OCH3 is 1. The molecular formula is C13H13NO2. The third-order valence-electron chi connectivity index (χ3n) is 2.45. The molecular weight excluding hydrogens is 202 g/mol. The topological polar surface area (TPSA) is 31.2 Å². The smallest absolute Gasteiger partial charge is 0.198 e. The number of carbonyl (C=O) groups excluding carboxylic acids is 1. The second-order valence-electron chi connectivity index (χ2n) is 3.60. The van der Waals surface area contributed by atoms with Crippen LogP contribution in [-0.4, -0.2) is 17.5 Å². The van der Waals surface area contributed by atoms with E-state index in [1.807, 2.05) is 29.9 Å². The highest BCUT2D eigenvalue weighted by atomic mass is 16.5. The van der Waals surface area contributed by atoms with Gasteiger partial charge in [-0.05, 0) is 18.2 Å². The predicted molar refractivity (Wildman–Crippen MR) is 61.8 cm³/mol. The monoisotopic (exact) mass is 215 g/mol. The fourth-order valence-electron chi connectivity index (χ4n) is 1.63. The zero-order chi connectivity index (χ0) is 11.5. The second kappa shape index (κ2) is 4.23. The van der Waals surface area contributed by atoms with Crippen molar-refractivity contribution in [2.24, 2.45) is 7.05 Å². The molecule has 0 bridgehead atoms. The van der Waals surface area contributed by atoms with Crippen molar-refractivity contribution in [1.82, 2.24) is 4.57 Å². The van der Waals surface area contributed by atoms with E-state index in [-0.39, 0.29) is 5.78 Å². The lowest BCUT2D eigenvalue weighted by Gasteiger charge is -2.05. The van der Waals surface area contributed by atoms with Gasteiger partial charge in [0, 0.05) is 25.0 Å². The van der Waals surface area contributed by atoms with Gasteiger partial charge in [-0.15, -0.1) is 0 Å². The number of aromatic nitrogens is 1. The number of carbonyl (C=O) groups is 1. The number of ether oxygens (including phenoxy) is 1. The number of ketones is 1. The van der Waals surface area contributed by atoms with E-state index in [0.29, 0.717) is 16.9 Å². The van der Waals surface area contributed by atoms with Crippen LogP contribution in [-0.2, 0) is 7.05 Å². The van der Waals surface area contributed by atoms with E-state index < -0.39 is 0 Å². The minimum atomic E-state index is -0.0157. The van der Waals surface area contributed by atoms with Crippen molar-refractivity contribution in [3.8, 4) is 5.75 Å². The van der Waals surface area contributed by atoms with E-state index in [2.05, 4.69) is 0 Å². The molecule has 1 aromatic heterocycles. The van der Waals surface area contributed by atoms with Gasteiger partial charge >= 0.3 is 0 Å². The molecule has 0 aliphatic heterocycles. The summed E-state index contributed by atoms with van der Waals surface area (Å²) in [6.07, 6.45) is 3.65. The van der Waals surface area contributed by atoms with Crippen molar-refractivity contribution in [3.63, 3.8) is 0 Å². The number of nitrogens with zero attached hydrogens (tertiary/aromatic N) is 1. The summed E-state index contributed by atoms with van der Waals surface area (Å²) in [5.41, 5.74) is 1.27. The van der Waals surface area contributed by atoms with Crippen molar-refractivity contribution < 1.29 is 9.53 Å². The number of benzene rings is 1. The van der Waals surface area contributed by atoms with Crippen LogP contribution in [0, 0.1) is 0 Å². The first-order valence-electron chi connectivity index (χ1n) is 5.02. The molecule has 0 radical (unpaired) electrons. The van der Waals surface area contributed by atoms with Crippen LogP contribution in [0.2, 0.25) is 0 Å². The minimum Gasteiger partial charge on any atom is -0.496 e. The Morgan fingerprint density at radius 1 is 1.25 bits per heavy atom. The summed E-state index contributed by atoms with van der Waals surface area (Å²) < 4.78 is 7.02. The first kappa shape index (κ1) is 10.5. The van der Waals surface area contributed by atoms with E-state index in [1.165, 1.54) is 0 Å². The second-order valence-corrected chi connectivity index (χ2v) is 3.60. The van der Waals surface area contributed by atoms with Crippen LogP contribution in [0.25, 0.3) is 0 Å². The lowest BCUT2D eigenvalue weighted by Crippen LogP contribution is -2.02. The molecule has 0 aliphatic rings. The molecule has 0 saturated heterocycles. The first-order chi connectivity index (χ1) is 7.72. The summed E-state index contributed by atoms with van der Waals surface area (Å²) >= 11 is 0. The maximum absolute atomic E-state index is 12.1. The van der Waals surface area contributed by atoms with Gasteiger partial charge in [-0.2, -0.15) is 0 Å². The molecule has 1 heterocycles. The molecule has 0 N–H and O–H groups in total. The Morgan fingerprint density at radius 2 is 2.00 bits per heavy atom. The molecule has 16 heavy (non-hydrogen) atoms. The van der Waals surface area contributed by atoms with Crippen LogP contribution in [0.1, 0.15) is 15.9 Å². The van der Waals surface area contributed by atoms with E-state index in [1.54, 1.807) is 31.5 Å². The lowest BCUT2D eigenvalue weighted by atomic mass is 10.1. The van der Waals surface area contributed by atoms with Crippen LogP contribution in [0.3, 0.4) is 0 Å². The number of para-hydroxylation sites is 1. The van der Waals surface area contributed by atoms with E-state index in [4.69, 9.17) is 4.74 Å². The Bertz CT molecular complexity index is 514. The molecule has 0 saturated carbocycles. The Kier molecular flexibility index (Phi) is 2.77. The Balaban J connectivity index is 2.41. The summed E-state index contributed by atoms with van der Waals surface area (Å²) in [4.78, 5) is 12.1. The number of hydrogen-bond acceptors (Lipinski definition) is 2. The first-order valence-corrected chi connectivity index (χ1v) is 5.02. The fourth-order valence-corrected chi connectivity index (χ4v) is 1.63. The summed E-state index contributed by atoms with van der Waals surface area (Å²) in [6, 6.07) is 9.04. The molecule has 0 unspecified atom stereocenters. The van der Waals surface area contributed by atoms with Gasteiger partial charge in [0.2, 0.25) is 0 Å². The molecule has 0 fully saturated rings. The largest absolute Gasteiger partial charge is 0.496 e. The molecule has 0 aliphatic carbocycles. The van der Waals surface area contributed by atoms with Gasteiger partial charge in [0.1, 0.15) is 5.75 Å². The molecule has 2 rings (SSSR count). The fraction of sp³-hybridized carbons (Fsp3) is 0.154. The van der Waals surface area contributed by atoms with E-state index in [0.717, 1.165) is 0 Å². The van der Waals surface area contributed by atoms with Crippen LogP contribution in [0.15, 0.2) is 42.7 Å². The molecule has 1 aromatic carbocycles. The van der Waals surface area contributed by atoms with Crippen molar-refractivity contribution in [3.05, 3.63) is 53.9 Å². The zero-order valence-corrected chi connectivity index (χ0v) is 9.31. The number of hydrogen-bond donors (Lipinski definition) is 0. The minimum absolute atomic E-state index is 0.0157. The summed E-state index contributed by atoms with van der Waals surface area (Å²) in [7, 11) is 3.45. The van der Waals surface area contributed by atoms with Gasteiger partial charge in [0.25, 0.3) is 0 Å². The predicted octanol–water partition coefficient (Wildman–Crippen LogP) is 2.26. The van der Waals surface area contributed by atoms with Crippen molar-refractivity contribution in [2.45, 2.75) is 0 Å². The third kappa shape index (κ3) is 1.84. The average Bonchev–Trinajstić information content (AvgIpc) is 2.75. The van der Waals surface area contributed by atoms with Gasteiger partial charge in [-0.3, -0.25) is 4.79 Å². The lowest BCUT2D eigenvalue weighted by molar-refractivity contribution is 0.103. The van der Waals surface area contributed by atoms with E-state index >= 15 is 0 Å². The number of rotatable bonds is 3. The van der Waals surface area contributed by atoms with Crippen LogP contribution < -0.4 is 4.74 Å².